The second-order valence-corrected chi connectivity index (χ2v) is 11.1. The molecule has 1 aliphatic carbocycles. The molecule has 1 heterocycles. The second kappa shape index (κ2) is 10.9. The molecule has 10 heteroatoms. The van der Waals surface area contributed by atoms with E-state index < -0.39 is 47.0 Å². The molecule has 2 N–H and O–H groups in total. The fourth-order valence-corrected chi connectivity index (χ4v) is 6.15. The molecule has 214 valence electrons. The van der Waals surface area contributed by atoms with Crippen molar-refractivity contribution >= 4 is 58.1 Å². The lowest BCUT2D eigenvalue weighted by Crippen LogP contribution is -2.52. The lowest BCUT2D eigenvalue weighted by molar-refractivity contribution is -0.147. The number of amides is 1. The smallest absolute Gasteiger partial charge is 0.311 e. The maximum atomic E-state index is 14.0. The maximum absolute atomic E-state index is 14.0. The van der Waals surface area contributed by atoms with Crippen LogP contribution >= 0.6 is 23.2 Å². The number of ketones is 3. The van der Waals surface area contributed by atoms with Crippen LogP contribution in [0.2, 0.25) is 10.0 Å². The molecular weight excluding hydrogens is 593 g/mol. The minimum atomic E-state index is -2.49. The Labute approximate surface area is 255 Å². The van der Waals surface area contributed by atoms with E-state index in [0.29, 0.717) is 5.56 Å². The first-order valence-electron chi connectivity index (χ1n) is 13.2. The SMILES string of the molecule is O=C(c1ccccc1)c1cccc(NC(=O)C2C(c3ccc(Cl)c(Cl)c3)OC3(C(=O)c4ccccc4C3=O)C2C(=O)O)c1. The Bertz CT molecular complexity index is 1800. The lowest BCUT2D eigenvalue weighted by atomic mass is 9.75. The number of carbonyl (C=O) groups excluding carboxylic acids is 4. The predicted octanol–water partition coefficient (Wildman–Crippen LogP) is 6.07. The molecule has 1 spiro atoms. The number of aliphatic carboxylic acids is 1. The van der Waals surface area contributed by atoms with Gasteiger partial charge in [-0.25, -0.2) is 0 Å². The summed E-state index contributed by atoms with van der Waals surface area (Å²) in [6.45, 7) is 0. The Hall–Kier alpha value is -4.63. The molecule has 0 aromatic heterocycles. The molecule has 43 heavy (non-hydrogen) atoms. The van der Waals surface area contributed by atoms with Gasteiger partial charge in [-0.1, -0.05) is 96.0 Å². The second-order valence-electron chi connectivity index (χ2n) is 10.3. The highest BCUT2D eigenvalue weighted by molar-refractivity contribution is 6.42. The number of ether oxygens (including phenoxy) is 1. The van der Waals surface area contributed by atoms with Crippen LogP contribution in [0.15, 0.2) is 97.1 Å². The van der Waals surface area contributed by atoms with Crippen molar-refractivity contribution in [1.82, 2.24) is 0 Å². The monoisotopic (exact) mass is 613 g/mol. The third-order valence-electron chi connectivity index (χ3n) is 7.80. The molecule has 1 saturated heterocycles. The van der Waals surface area contributed by atoms with Crippen LogP contribution in [0.25, 0.3) is 0 Å². The predicted molar refractivity (Wildman–Crippen MR) is 158 cm³/mol. The van der Waals surface area contributed by atoms with Crippen LogP contribution in [0.4, 0.5) is 5.69 Å². The van der Waals surface area contributed by atoms with Gasteiger partial charge in [0.2, 0.25) is 23.1 Å². The van der Waals surface area contributed by atoms with Crippen LogP contribution in [0.3, 0.4) is 0 Å². The normalized spacial score (nSPS) is 20.2. The zero-order chi connectivity index (χ0) is 30.5. The van der Waals surface area contributed by atoms with Crippen molar-refractivity contribution in [2.75, 3.05) is 5.32 Å². The molecule has 3 unspecified atom stereocenters. The van der Waals surface area contributed by atoms with Crippen molar-refractivity contribution in [2.24, 2.45) is 11.8 Å². The van der Waals surface area contributed by atoms with E-state index in [9.17, 15) is 29.1 Å². The quantitative estimate of drug-likeness (QED) is 0.199. The molecule has 1 aliphatic heterocycles. The van der Waals surface area contributed by atoms with E-state index in [4.69, 9.17) is 27.9 Å². The summed E-state index contributed by atoms with van der Waals surface area (Å²) in [5.41, 5.74) is -1.27. The number of halogens is 2. The number of Topliss-reactive ketones (excluding diaryl/α,β-unsaturated/α-hetero) is 2. The van der Waals surface area contributed by atoms with E-state index >= 15 is 0 Å². The van der Waals surface area contributed by atoms with Crippen LogP contribution in [-0.4, -0.2) is 39.9 Å². The fourth-order valence-electron chi connectivity index (χ4n) is 5.85. The number of fused-ring (bicyclic) bond motifs is 1. The zero-order valence-electron chi connectivity index (χ0n) is 22.1. The molecule has 1 fully saturated rings. The Kier molecular flexibility index (Phi) is 7.22. The van der Waals surface area contributed by atoms with Gasteiger partial charge in [0.05, 0.1) is 22.1 Å². The van der Waals surface area contributed by atoms with Crippen molar-refractivity contribution < 1.29 is 33.8 Å². The highest BCUT2D eigenvalue weighted by Crippen LogP contribution is 2.54. The van der Waals surface area contributed by atoms with Crippen LogP contribution in [0.1, 0.15) is 48.3 Å². The van der Waals surface area contributed by atoms with Gasteiger partial charge < -0.3 is 15.2 Å². The van der Waals surface area contributed by atoms with Crippen molar-refractivity contribution in [3.63, 3.8) is 0 Å². The van der Waals surface area contributed by atoms with E-state index in [2.05, 4.69) is 5.32 Å². The van der Waals surface area contributed by atoms with Crippen LogP contribution in [0.5, 0.6) is 0 Å². The third-order valence-corrected chi connectivity index (χ3v) is 8.54. The average Bonchev–Trinajstić information content (AvgIpc) is 3.49. The van der Waals surface area contributed by atoms with Crippen LogP contribution in [-0.2, 0) is 14.3 Å². The summed E-state index contributed by atoms with van der Waals surface area (Å²) >= 11 is 12.4. The number of nitrogens with one attached hydrogen (secondary N) is 1. The topological polar surface area (TPSA) is 127 Å². The summed E-state index contributed by atoms with van der Waals surface area (Å²) in [4.78, 5) is 67.6. The minimum absolute atomic E-state index is 0.0137. The van der Waals surface area contributed by atoms with Crippen molar-refractivity contribution in [3.05, 3.63) is 135 Å². The number of anilines is 1. The van der Waals surface area contributed by atoms with E-state index in [0.717, 1.165) is 0 Å². The first kappa shape index (κ1) is 28.5. The van der Waals surface area contributed by atoms with E-state index in [1.165, 1.54) is 42.5 Å². The van der Waals surface area contributed by atoms with Gasteiger partial charge in [-0.15, -0.1) is 0 Å². The number of hydrogen-bond acceptors (Lipinski definition) is 6. The van der Waals surface area contributed by atoms with Crippen molar-refractivity contribution in [1.29, 1.82) is 0 Å². The van der Waals surface area contributed by atoms with E-state index in [-0.39, 0.29) is 43.8 Å². The van der Waals surface area contributed by atoms with Gasteiger partial charge in [0.1, 0.15) is 5.92 Å². The molecule has 4 aromatic carbocycles. The van der Waals surface area contributed by atoms with Crippen LogP contribution in [0, 0.1) is 11.8 Å². The molecule has 0 saturated carbocycles. The highest BCUT2D eigenvalue weighted by Gasteiger charge is 2.71. The summed E-state index contributed by atoms with van der Waals surface area (Å²) < 4.78 is 6.17. The number of carboxylic acid groups (broad SMARTS) is 1. The Balaban J connectivity index is 1.42. The van der Waals surface area contributed by atoms with E-state index in [1.54, 1.807) is 54.6 Å². The highest BCUT2D eigenvalue weighted by atomic mass is 35.5. The van der Waals surface area contributed by atoms with Gasteiger partial charge in [0.25, 0.3) is 0 Å². The van der Waals surface area contributed by atoms with Gasteiger partial charge >= 0.3 is 5.97 Å². The Morgan fingerprint density at radius 3 is 2.00 bits per heavy atom. The van der Waals surface area contributed by atoms with Crippen molar-refractivity contribution in [2.45, 2.75) is 11.7 Å². The molecular formula is C33H21Cl2NO7. The number of hydrogen-bond donors (Lipinski definition) is 2. The largest absolute Gasteiger partial charge is 0.481 e. The molecule has 8 nitrogen and oxygen atoms in total. The number of carboxylic acids is 1. The Morgan fingerprint density at radius 2 is 1.37 bits per heavy atom. The van der Waals surface area contributed by atoms with Gasteiger partial charge in [0, 0.05) is 27.9 Å². The first-order valence-corrected chi connectivity index (χ1v) is 13.9. The summed E-state index contributed by atoms with van der Waals surface area (Å²) in [7, 11) is 0. The molecule has 4 aromatic rings. The molecule has 3 atom stereocenters. The maximum Gasteiger partial charge on any atom is 0.311 e. The number of benzene rings is 4. The fraction of sp³-hybridized carbons (Fsp3) is 0.121. The summed E-state index contributed by atoms with van der Waals surface area (Å²) in [5, 5.41) is 13.5. The lowest BCUT2D eigenvalue weighted by Gasteiger charge is -2.25. The van der Waals surface area contributed by atoms with E-state index in [1.807, 2.05) is 0 Å². The summed E-state index contributed by atoms with van der Waals surface area (Å²) in [5.74, 6) is -7.81. The third kappa shape index (κ3) is 4.64. The Morgan fingerprint density at radius 1 is 0.744 bits per heavy atom. The number of carbonyl (C=O) groups is 5. The molecule has 2 aliphatic rings. The average molecular weight is 614 g/mol. The van der Waals surface area contributed by atoms with Gasteiger partial charge in [-0.05, 0) is 29.8 Å². The standard InChI is InChI=1S/C33H21Cl2NO7/c34-23-14-13-19(16-24(23)35)28-25(26(32(41)42)33(43-28)29(38)21-11-4-5-12-22(21)30(33)39)31(40)36-20-10-6-9-18(15-20)27(37)17-7-2-1-3-8-17/h1-16,25-26,28H,(H,36,40)(H,41,42). The molecule has 6 rings (SSSR count). The van der Waals surface area contributed by atoms with Crippen LogP contribution < -0.4 is 5.32 Å². The molecule has 0 bridgehead atoms. The van der Waals surface area contributed by atoms with Gasteiger partial charge in [-0.2, -0.15) is 0 Å². The zero-order valence-corrected chi connectivity index (χ0v) is 23.6. The molecule has 0 radical (unpaired) electrons. The van der Waals surface area contributed by atoms with Gasteiger partial charge in [0.15, 0.2) is 5.78 Å². The molecule has 1 amide bonds. The summed E-state index contributed by atoms with van der Waals surface area (Å²) in [6, 6.07) is 25.0. The van der Waals surface area contributed by atoms with Crippen molar-refractivity contribution in [3.8, 4) is 0 Å². The van der Waals surface area contributed by atoms with Gasteiger partial charge in [-0.3, -0.25) is 24.0 Å². The number of rotatable bonds is 6. The summed E-state index contributed by atoms with van der Waals surface area (Å²) in [6.07, 6.45) is -1.37. The first-order chi connectivity index (χ1) is 20.6. The minimum Gasteiger partial charge on any atom is -0.481 e.